The van der Waals surface area contributed by atoms with Crippen molar-refractivity contribution in [3.8, 4) is 11.5 Å². The summed E-state index contributed by atoms with van der Waals surface area (Å²) in [4.78, 5) is 0.157. The van der Waals surface area contributed by atoms with Crippen LogP contribution in [0.4, 0.5) is 4.39 Å². The van der Waals surface area contributed by atoms with E-state index in [9.17, 15) is 12.8 Å². The van der Waals surface area contributed by atoms with E-state index in [2.05, 4.69) is 5.43 Å². The average Bonchev–Trinajstić information content (AvgIpc) is 3.26. The summed E-state index contributed by atoms with van der Waals surface area (Å²) in [5, 5.41) is 0. The monoisotopic (exact) mass is 454 g/mol. The predicted octanol–water partition coefficient (Wildman–Crippen LogP) is 4.44. The van der Waals surface area contributed by atoms with Gasteiger partial charge in [0.25, 0.3) is 10.0 Å². The quantitative estimate of drug-likeness (QED) is 0.596. The first-order valence-corrected chi connectivity index (χ1v) is 11.3. The maximum Gasteiger partial charge on any atom is 0.260 e. The van der Waals surface area contributed by atoms with Crippen molar-refractivity contribution in [3.05, 3.63) is 95.3 Å². The maximum absolute atomic E-state index is 13.5. The van der Waals surface area contributed by atoms with Gasteiger partial charge in [0, 0.05) is 5.56 Å². The molecule has 0 saturated heterocycles. The molecule has 1 N–H and O–H groups in total. The number of sulfonamides is 1. The molecular weight excluding hydrogens is 431 g/mol. The molecule has 0 saturated carbocycles. The van der Waals surface area contributed by atoms with Gasteiger partial charge in [-0.15, -0.1) is 4.41 Å². The molecule has 1 unspecified atom stereocenters. The summed E-state index contributed by atoms with van der Waals surface area (Å²) in [7, 11) is -0.830. The molecular formula is C24H23FN2O4S. The van der Waals surface area contributed by atoms with Gasteiger partial charge < -0.3 is 14.9 Å². The molecule has 4 rings (SSSR count). The second-order valence-corrected chi connectivity index (χ2v) is 9.19. The fourth-order valence-corrected chi connectivity index (χ4v) is 4.95. The van der Waals surface area contributed by atoms with Crippen LogP contribution in [-0.2, 0) is 10.0 Å². The highest BCUT2D eigenvalue weighted by Crippen LogP contribution is 2.37. The molecule has 0 amide bonds. The first-order chi connectivity index (χ1) is 15.3. The molecule has 1 heterocycles. The van der Waals surface area contributed by atoms with Crippen molar-refractivity contribution >= 4 is 15.7 Å². The normalized spacial score (nSPS) is 16.4. The molecule has 0 aliphatic carbocycles. The van der Waals surface area contributed by atoms with Gasteiger partial charge in [-0.25, -0.2) is 12.8 Å². The van der Waals surface area contributed by atoms with Crippen LogP contribution in [0.15, 0.2) is 77.7 Å². The number of benzene rings is 3. The fraction of sp³-hybridized carbons (Fsp3) is 0.167. The van der Waals surface area contributed by atoms with Gasteiger partial charge in [-0.2, -0.15) is 0 Å². The average molecular weight is 455 g/mol. The lowest BCUT2D eigenvalue weighted by molar-refractivity contribution is 0.347. The largest absolute Gasteiger partial charge is 0.493 e. The number of nitrogens with one attached hydrogen (secondary N) is 1. The summed E-state index contributed by atoms with van der Waals surface area (Å²) < 4.78 is 52.4. The van der Waals surface area contributed by atoms with E-state index in [1.54, 1.807) is 61.7 Å². The molecule has 1 aliphatic rings. The number of methoxy groups -OCH3 is 2. The van der Waals surface area contributed by atoms with Crippen LogP contribution in [-0.4, -0.2) is 27.1 Å². The summed E-state index contributed by atoms with van der Waals surface area (Å²) in [5.41, 5.74) is 5.91. The molecule has 3 aromatic carbocycles. The van der Waals surface area contributed by atoms with E-state index in [4.69, 9.17) is 9.47 Å². The van der Waals surface area contributed by atoms with Crippen LogP contribution >= 0.6 is 0 Å². The second kappa shape index (κ2) is 8.64. The Morgan fingerprint density at radius 2 is 1.56 bits per heavy atom. The van der Waals surface area contributed by atoms with Gasteiger partial charge in [-0.1, -0.05) is 29.8 Å². The van der Waals surface area contributed by atoms with E-state index in [-0.39, 0.29) is 4.90 Å². The second-order valence-electron chi connectivity index (χ2n) is 7.37. The van der Waals surface area contributed by atoms with Gasteiger partial charge in [0.05, 0.1) is 30.9 Å². The summed E-state index contributed by atoms with van der Waals surface area (Å²) in [5.74, 6) is 0.691. The zero-order chi connectivity index (χ0) is 22.9. The van der Waals surface area contributed by atoms with Crippen molar-refractivity contribution in [1.82, 2.24) is 9.84 Å². The highest BCUT2D eigenvalue weighted by molar-refractivity contribution is 7.89. The third-order valence-electron chi connectivity index (χ3n) is 5.29. The highest BCUT2D eigenvalue weighted by atomic mass is 32.2. The van der Waals surface area contributed by atoms with Crippen LogP contribution in [0.2, 0.25) is 0 Å². The van der Waals surface area contributed by atoms with Crippen LogP contribution < -0.4 is 14.9 Å². The summed E-state index contributed by atoms with van der Waals surface area (Å²) >= 11 is 0. The van der Waals surface area contributed by atoms with E-state index in [0.717, 1.165) is 11.1 Å². The summed E-state index contributed by atoms with van der Waals surface area (Å²) in [6, 6.07) is 17.1. The Morgan fingerprint density at radius 3 is 2.19 bits per heavy atom. The lowest BCUT2D eigenvalue weighted by atomic mass is 10.1. The van der Waals surface area contributed by atoms with Crippen LogP contribution in [0.5, 0.6) is 11.5 Å². The SMILES string of the molecule is COc1ccc(C2=CC(c3ccc(F)cc3)N(S(=O)(=O)c3ccc(C)cc3)N2)cc1OC. The van der Waals surface area contributed by atoms with E-state index in [1.165, 1.54) is 23.7 Å². The number of hydrazine groups is 1. The number of hydrogen-bond acceptors (Lipinski definition) is 5. The third kappa shape index (κ3) is 4.06. The minimum atomic E-state index is -3.91. The fourth-order valence-electron chi connectivity index (χ4n) is 3.54. The number of ether oxygens (including phenoxy) is 2. The van der Waals surface area contributed by atoms with Gasteiger partial charge in [-0.05, 0) is 61.0 Å². The predicted molar refractivity (Wildman–Crippen MR) is 120 cm³/mol. The molecule has 3 aromatic rings. The molecule has 32 heavy (non-hydrogen) atoms. The first kappa shape index (κ1) is 21.9. The van der Waals surface area contributed by atoms with E-state index in [0.29, 0.717) is 22.8 Å². The lowest BCUT2D eigenvalue weighted by Crippen LogP contribution is -2.39. The minimum Gasteiger partial charge on any atom is -0.493 e. The van der Waals surface area contributed by atoms with Gasteiger partial charge in [-0.3, -0.25) is 0 Å². The van der Waals surface area contributed by atoms with Crippen LogP contribution in [0.1, 0.15) is 22.7 Å². The smallest absolute Gasteiger partial charge is 0.260 e. The third-order valence-corrected chi connectivity index (χ3v) is 7.00. The molecule has 0 spiro atoms. The Bertz CT molecular complexity index is 1260. The molecule has 1 atom stereocenters. The molecule has 6 nitrogen and oxygen atoms in total. The van der Waals surface area contributed by atoms with Gasteiger partial charge in [0.1, 0.15) is 5.82 Å². The topological polar surface area (TPSA) is 67.9 Å². The van der Waals surface area contributed by atoms with Crippen LogP contribution in [0.3, 0.4) is 0 Å². The number of rotatable bonds is 6. The number of aryl methyl sites for hydroxylation is 1. The van der Waals surface area contributed by atoms with Crippen molar-refractivity contribution < 1.29 is 22.3 Å². The highest BCUT2D eigenvalue weighted by Gasteiger charge is 2.37. The van der Waals surface area contributed by atoms with Gasteiger partial charge in [0.2, 0.25) is 0 Å². The summed E-state index contributed by atoms with van der Waals surface area (Å²) in [6.07, 6.45) is 1.79. The van der Waals surface area contributed by atoms with E-state index < -0.39 is 21.9 Å². The minimum absolute atomic E-state index is 0.157. The molecule has 166 valence electrons. The standard InChI is InChI=1S/C24H23FN2O4S/c1-16-4-11-20(12-5-16)32(28,29)27-22(17-6-9-19(25)10-7-17)15-21(26-27)18-8-13-23(30-2)24(14-18)31-3/h4-15,22,26H,1-3H3. The van der Waals surface area contributed by atoms with Crippen molar-refractivity contribution in [1.29, 1.82) is 0 Å². The Labute approximate surface area is 186 Å². The number of nitrogens with zero attached hydrogens (tertiary/aromatic N) is 1. The Morgan fingerprint density at radius 1 is 0.906 bits per heavy atom. The van der Waals surface area contributed by atoms with Crippen LogP contribution in [0, 0.1) is 12.7 Å². The lowest BCUT2D eigenvalue weighted by Gasteiger charge is -2.25. The van der Waals surface area contributed by atoms with E-state index >= 15 is 0 Å². The first-order valence-electron chi connectivity index (χ1n) is 9.91. The number of halogens is 1. The van der Waals surface area contributed by atoms with Crippen molar-refractivity contribution in [3.63, 3.8) is 0 Å². The van der Waals surface area contributed by atoms with Crippen LogP contribution in [0.25, 0.3) is 5.70 Å². The number of hydrogen-bond donors (Lipinski definition) is 1. The molecule has 1 aliphatic heterocycles. The van der Waals surface area contributed by atoms with Crippen molar-refractivity contribution in [2.45, 2.75) is 17.9 Å². The van der Waals surface area contributed by atoms with Crippen molar-refractivity contribution in [2.24, 2.45) is 0 Å². The van der Waals surface area contributed by atoms with E-state index in [1.807, 2.05) is 13.0 Å². The Balaban J connectivity index is 1.78. The van der Waals surface area contributed by atoms with Gasteiger partial charge in [0.15, 0.2) is 11.5 Å². The maximum atomic E-state index is 13.5. The zero-order valence-electron chi connectivity index (χ0n) is 17.9. The summed E-state index contributed by atoms with van der Waals surface area (Å²) in [6.45, 7) is 1.89. The zero-order valence-corrected chi connectivity index (χ0v) is 18.7. The molecule has 0 fully saturated rings. The molecule has 0 radical (unpaired) electrons. The Hall–Kier alpha value is -3.36. The molecule has 0 bridgehead atoms. The molecule has 8 heteroatoms. The van der Waals surface area contributed by atoms with Crippen molar-refractivity contribution in [2.75, 3.05) is 14.2 Å². The molecule has 0 aromatic heterocycles. The van der Waals surface area contributed by atoms with Gasteiger partial charge >= 0.3 is 0 Å². The Kier molecular flexibility index (Phi) is 5.90.